The summed E-state index contributed by atoms with van der Waals surface area (Å²) in [6.07, 6.45) is 0.747. The van der Waals surface area contributed by atoms with Crippen molar-refractivity contribution >= 4 is 16.9 Å². The van der Waals surface area contributed by atoms with Crippen LogP contribution in [0.3, 0.4) is 0 Å². The van der Waals surface area contributed by atoms with Gasteiger partial charge in [0.05, 0.1) is 23.1 Å². The van der Waals surface area contributed by atoms with Gasteiger partial charge in [0.1, 0.15) is 29.6 Å². The Hall–Kier alpha value is -4.50. The fourth-order valence-electron chi connectivity index (χ4n) is 4.67. The largest absolute Gasteiger partial charge is 0.478 e. The maximum atomic E-state index is 13.5. The van der Waals surface area contributed by atoms with E-state index in [0.717, 1.165) is 29.0 Å². The second-order valence-corrected chi connectivity index (χ2v) is 9.45. The standard InChI is InChI=1S/C30H27NO8/c1-3-12-34-30(33)20-5-7-21(8-6-20)39-28-18(2)38-29-22(27(28)32)9-11-24-23(29)15-31(16-35-24)14-19-4-10-25-26(13-19)37-17-36-25/h4-11,13H,3,12,14-17H2,1-2H3. The van der Waals surface area contributed by atoms with Crippen LogP contribution >= 0.6 is 0 Å². The summed E-state index contributed by atoms with van der Waals surface area (Å²) in [5.41, 5.74) is 2.48. The zero-order valence-electron chi connectivity index (χ0n) is 21.7. The number of fused-ring (bicyclic) bond motifs is 4. The number of aryl methyl sites for hydroxylation is 1. The Morgan fingerprint density at radius 3 is 2.59 bits per heavy atom. The molecule has 2 aliphatic rings. The molecule has 0 radical (unpaired) electrons. The third kappa shape index (κ3) is 4.88. The molecule has 9 heteroatoms. The maximum Gasteiger partial charge on any atom is 0.338 e. The Morgan fingerprint density at radius 2 is 1.77 bits per heavy atom. The number of hydrogen-bond donors (Lipinski definition) is 0. The van der Waals surface area contributed by atoms with Crippen molar-refractivity contribution in [2.24, 2.45) is 0 Å². The van der Waals surface area contributed by atoms with Crippen LogP contribution < -0.4 is 24.4 Å². The Balaban J connectivity index is 1.24. The number of benzene rings is 3. The molecule has 1 aromatic heterocycles. The number of ether oxygens (including phenoxy) is 5. The Labute approximate surface area is 224 Å². The zero-order valence-corrected chi connectivity index (χ0v) is 21.7. The third-order valence-corrected chi connectivity index (χ3v) is 6.62. The van der Waals surface area contributed by atoms with Crippen molar-refractivity contribution in [3.63, 3.8) is 0 Å². The summed E-state index contributed by atoms with van der Waals surface area (Å²) in [5.74, 6) is 2.61. The lowest BCUT2D eigenvalue weighted by Crippen LogP contribution is -2.31. The van der Waals surface area contributed by atoms with Crippen LogP contribution in [0.15, 0.2) is 63.8 Å². The molecule has 0 bridgehead atoms. The lowest BCUT2D eigenvalue weighted by molar-refractivity contribution is 0.0505. The number of carbonyl (C=O) groups is 1. The fraction of sp³-hybridized carbons (Fsp3) is 0.267. The van der Waals surface area contributed by atoms with Crippen LogP contribution in [0.2, 0.25) is 0 Å². The van der Waals surface area contributed by atoms with Gasteiger partial charge in [0.15, 0.2) is 11.5 Å². The summed E-state index contributed by atoms with van der Waals surface area (Å²) in [5, 5.41) is 0.405. The normalized spacial score (nSPS) is 14.1. The Kier molecular flexibility index (Phi) is 6.58. The van der Waals surface area contributed by atoms with Crippen LogP contribution in [0, 0.1) is 6.92 Å². The highest BCUT2D eigenvalue weighted by Gasteiger charge is 2.25. The molecule has 4 aromatic rings. The minimum atomic E-state index is -0.399. The third-order valence-electron chi connectivity index (χ3n) is 6.62. The topological polar surface area (TPSA) is 96.7 Å². The zero-order chi connectivity index (χ0) is 26.9. The van der Waals surface area contributed by atoms with E-state index in [9.17, 15) is 9.59 Å². The van der Waals surface area contributed by atoms with Crippen LogP contribution in [0.5, 0.6) is 28.7 Å². The molecular weight excluding hydrogens is 502 g/mol. The van der Waals surface area contributed by atoms with Gasteiger partial charge in [-0.15, -0.1) is 0 Å². The molecule has 0 fully saturated rings. The quantitative estimate of drug-likeness (QED) is 0.286. The van der Waals surface area contributed by atoms with Crippen molar-refractivity contribution in [1.82, 2.24) is 4.90 Å². The number of nitrogens with zero attached hydrogens (tertiary/aromatic N) is 1. The predicted molar refractivity (Wildman–Crippen MR) is 142 cm³/mol. The van der Waals surface area contributed by atoms with Gasteiger partial charge in [-0.05, 0) is 67.4 Å². The molecule has 39 heavy (non-hydrogen) atoms. The van der Waals surface area contributed by atoms with Gasteiger partial charge in [0, 0.05) is 13.1 Å². The molecule has 0 atom stereocenters. The van der Waals surface area contributed by atoms with Crippen molar-refractivity contribution in [2.75, 3.05) is 20.1 Å². The maximum absolute atomic E-state index is 13.5. The van der Waals surface area contributed by atoms with Crippen LogP contribution in [0.4, 0.5) is 0 Å². The van der Waals surface area contributed by atoms with E-state index in [1.165, 1.54) is 0 Å². The molecular formula is C30H27NO8. The minimum Gasteiger partial charge on any atom is -0.478 e. The van der Waals surface area contributed by atoms with Gasteiger partial charge in [-0.1, -0.05) is 13.0 Å². The van der Waals surface area contributed by atoms with Crippen molar-refractivity contribution < 1.29 is 32.9 Å². The summed E-state index contributed by atoms with van der Waals surface area (Å²) in [4.78, 5) is 27.7. The van der Waals surface area contributed by atoms with Crippen LogP contribution in [0.25, 0.3) is 11.0 Å². The SMILES string of the molecule is CCCOC(=O)c1ccc(Oc2c(C)oc3c4c(ccc3c2=O)OCN(Cc2ccc3c(c2)OCO3)C4)cc1. The summed E-state index contributed by atoms with van der Waals surface area (Å²) < 4.78 is 34.2. The average molecular weight is 530 g/mol. The predicted octanol–water partition coefficient (Wildman–Crippen LogP) is 5.54. The lowest BCUT2D eigenvalue weighted by Gasteiger charge is -2.29. The first-order valence-electron chi connectivity index (χ1n) is 12.8. The molecule has 0 aliphatic carbocycles. The van der Waals surface area contributed by atoms with Gasteiger partial charge in [-0.3, -0.25) is 9.69 Å². The fourth-order valence-corrected chi connectivity index (χ4v) is 4.67. The second kappa shape index (κ2) is 10.3. The average Bonchev–Trinajstić information content (AvgIpc) is 3.42. The van der Waals surface area contributed by atoms with E-state index in [1.807, 2.05) is 25.1 Å². The summed E-state index contributed by atoms with van der Waals surface area (Å²) >= 11 is 0. The van der Waals surface area contributed by atoms with E-state index in [-0.39, 0.29) is 18.0 Å². The molecule has 0 unspecified atom stereocenters. The molecule has 3 heterocycles. The number of esters is 1. The number of rotatable bonds is 7. The molecule has 9 nitrogen and oxygen atoms in total. The number of carbonyl (C=O) groups excluding carboxylic acids is 1. The van der Waals surface area contributed by atoms with Gasteiger partial charge in [-0.25, -0.2) is 4.79 Å². The van der Waals surface area contributed by atoms with Crippen LogP contribution in [-0.4, -0.2) is 31.0 Å². The first-order chi connectivity index (χ1) is 19.0. The minimum absolute atomic E-state index is 0.0951. The van der Waals surface area contributed by atoms with Gasteiger partial charge in [0.25, 0.3) is 0 Å². The molecule has 0 saturated carbocycles. The Bertz CT molecular complexity index is 1610. The van der Waals surface area contributed by atoms with Crippen molar-refractivity contribution in [2.45, 2.75) is 33.4 Å². The van der Waals surface area contributed by atoms with Gasteiger partial charge < -0.3 is 28.1 Å². The highest BCUT2D eigenvalue weighted by molar-refractivity contribution is 5.89. The molecule has 3 aromatic carbocycles. The molecule has 0 saturated heterocycles. The number of hydrogen-bond acceptors (Lipinski definition) is 9. The highest BCUT2D eigenvalue weighted by atomic mass is 16.7. The van der Waals surface area contributed by atoms with Crippen molar-refractivity contribution in [1.29, 1.82) is 0 Å². The van der Waals surface area contributed by atoms with Crippen LogP contribution in [-0.2, 0) is 17.8 Å². The van der Waals surface area contributed by atoms with E-state index in [1.54, 1.807) is 43.3 Å². The summed E-state index contributed by atoms with van der Waals surface area (Å²) in [7, 11) is 0. The van der Waals surface area contributed by atoms with Crippen LogP contribution in [0.1, 0.15) is 40.6 Å². The Morgan fingerprint density at radius 1 is 0.974 bits per heavy atom. The molecule has 2 aliphatic heterocycles. The van der Waals surface area contributed by atoms with E-state index < -0.39 is 5.97 Å². The summed E-state index contributed by atoms with van der Waals surface area (Å²) in [6.45, 7) is 5.78. The van der Waals surface area contributed by atoms with Gasteiger partial charge in [0.2, 0.25) is 18.0 Å². The van der Waals surface area contributed by atoms with Gasteiger partial charge in [-0.2, -0.15) is 0 Å². The highest BCUT2D eigenvalue weighted by Crippen LogP contribution is 2.36. The van der Waals surface area contributed by atoms with E-state index >= 15 is 0 Å². The summed E-state index contributed by atoms with van der Waals surface area (Å²) in [6, 6.07) is 15.8. The molecule has 0 amide bonds. The molecule has 6 rings (SSSR count). The second-order valence-electron chi connectivity index (χ2n) is 9.45. The van der Waals surface area contributed by atoms with E-state index in [4.69, 9.17) is 28.1 Å². The first-order valence-corrected chi connectivity index (χ1v) is 12.8. The monoisotopic (exact) mass is 529 g/mol. The van der Waals surface area contributed by atoms with Gasteiger partial charge >= 0.3 is 5.97 Å². The van der Waals surface area contributed by atoms with E-state index in [2.05, 4.69) is 4.90 Å². The smallest absolute Gasteiger partial charge is 0.338 e. The van der Waals surface area contributed by atoms with Crippen molar-refractivity contribution in [3.05, 3.63) is 87.3 Å². The molecule has 0 spiro atoms. The lowest BCUT2D eigenvalue weighted by atomic mass is 10.1. The van der Waals surface area contributed by atoms with Crippen molar-refractivity contribution in [3.8, 4) is 28.7 Å². The molecule has 0 N–H and O–H groups in total. The molecule has 200 valence electrons. The first kappa shape index (κ1) is 24.8. The van der Waals surface area contributed by atoms with E-state index in [0.29, 0.717) is 60.2 Å².